The lowest BCUT2D eigenvalue weighted by atomic mass is 10.1. The smallest absolute Gasteiger partial charge is 0.251 e. The summed E-state index contributed by atoms with van der Waals surface area (Å²) < 4.78 is 5.48. The van der Waals surface area contributed by atoms with E-state index in [0.717, 1.165) is 32.4 Å². The topological polar surface area (TPSA) is 41.6 Å². The SMILES string of the molecule is C=CCCOC(C)C(=O)N1CCCC(NC)C1.Cl. The summed E-state index contributed by atoms with van der Waals surface area (Å²) in [5.74, 6) is 0.106. The largest absolute Gasteiger partial charge is 0.368 e. The molecule has 0 aromatic heterocycles. The molecule has 1 saturated heterocycles. The van der Waals surface area contributed by atoms with Gasteiger partial charge < -0.3 is 15.0 Å². The first-order valence-electron chi connectivity index (χ1n) is 6.37. The first-order chi connectivity index (χ1) is 8.19. The summed E-state index contributed by atoms with van der Waals surface area (Å²) in [5, 5.41) is 3.23. The van der Waals surface area contributed by atoms with Crippen LogP contribution in [0.25, 0.3) is 0 Å². The van der Waals surface area contributed by atoms with Crippen molar-refractivity contribution in [2.75, 3.05) is 26.7 Å². The fourth-order valence-corrected chi connectivity index (χ4v) is 2.07. The number of rotatable bonds is 6. The third kappa shape index (κ3) is 5.38. The van der Waals surface area contributed by atoms with Gasteiger partial charge in [-0.25, -0.2) is 0 Å². The standard InChI is InChI=1S/C13H24N2O2.ClH/c1-4-5-9-17-11(2)13(16)15-8-6-7-12(10-15)14-3;/h4,11-12,14H,1,5-10H2,2-3H3;1H. The van der Waals surface area contributed by atoms with Gasteiger partial charge in [0.1, 0.15) is 6.10 Å². The van der Waals surface area contributed by atoms with Gasteiger partial charge in [-0.3, -0.25) is 4.79 Å². The maximum Gasteiger partial charge on any atom is 0.251 e. The number of likely N-dealkylation sites (tertiary alicyclic amines) is 1. The molecule has 1 aliphatic rings. The van der Waals surface area contributed by atoms with Gasteiger partial charge in [0.25, 0.3) is 5.91 Å². The summed E-state index contributed by atoms with van der Waals surface area (Å²) in [6.45, 7) is 7.68. The van der Waals surface area contributed by atoms with E-state index in [1.807, 2.05) is 18.9 Å². The van der Waals surface area contributed by atoms with Crippen molar-refractivity contribution in [3.05, 3.63) is 12.7 Å². The predicted octanol–water partition coefficient (Wildman–Crippen LogP) is 1.60. The minimum absolute atomic E-state index is 0. The van der Waals surface area contributed by atoms with Gasteiger partial charge >= 0.3 is 0 Å². The van der Waals surface area contributed by atoms with Crippen LogP contribution in [0.3, 0.4) is 0 Å². The van der Waals surface area contributed by atoms with Crippen molar-refractivity contribution >= 4 is 18.3 Å². The first kappa shape index (κ1) is 17.4. The third-order valence-corrected chi connectivity index (χ3v) is 3.18. The van der Waals surface area contributed by atoms with Gasteiger partial charge in [-0.05, 0) is 33.2 Å². The summed E-state index contributed by atoms with van der Waals surface area (Å²) in [5.41, 5.74) is 0. The number of amides is 1. The van der Waals surface area contributed by atoms with Gasteiger partial charge in [-0.15, -0.1) is 19.0 Å². The lowest BCUT2D eigenvalue weighted by Crippen LogP contribution is -2.50. The Morgan fingerprint density at radius 1 is 1.67 bits per heavy atom. The predicted molar refractivity (Wildman–Crippen MR) is 76.1 cm³/mol. The average Bonchev–Trinajstić information content (AvgIpc) is 2.38. The van der Waals surface area contributed by atoms with Gasteiger partial charge in [0, 0.05) is 19.1 Å². The molecule has 2 unspecified atom stereocenters. The number of carbonyl (C=O) groups is 1. The van der Waals surface area contributed by atoms with Crippen LogP contribution in [0.5, 0.6) is 0 Å². The molecule has 0 spiro atoms. The second-order valence-corrected chi connectivity index (χ2v) is 4.50. The van der Waals surface area contributed by atoms with E-state index >= 15 is 0 Å². The van der Waals surface area contributed by atoms with E-state index in [4.69, 9.17) is 4.74 Å². The molecule has 106 valence electrons. The number of nitrogens with zero attached hydrogens (tertiary/aromatic N) is 1. The van der Waals surface area contributed by atoms with Crippen LogP contribution in [0.1, 0.15) is 26.2 Å². The molecule has 1 N–H and O–H groups in total. The Labute approximate surface area is 116 Å². The molecular formula is C13H25ClN2O2. The number of piperidine rings is 1. The first-order valence-corrected chi connectivity index (χ1v) is 6.37. The van der Waals surface area contributed by atoms with E-state index in [1.165, 1.54) is 0 Å². The van der Waals surface area contributed by atoms with Gasteiger partial charge in [-0.2, -0.15) is 0 Å². The van der Waals surface area contributed by atoms with E-state index in [2.05, 4.69) is 11.9 Å². The summed E-state index contributed by atoms with van der Waals surface area (Å²) in [6.07, 6.45) is 4.46. The van der Waals surface area contributed by atoms with Crippen molar-refractivity contribution < 1.29 is 9.53 Å². The summed E-state index contributed by atoms with van der Waals surface area (Å²) >= 11 is 0. The van der Waals surface area contributed by atoms with Crippen LogP contribution < -0.4 is 5.32 Å². The monoisotopic (exact) mass is 276 g/mol. The molecule has 0 aromatic carbocycles. The van der Waals surface area contributed by atoms with E-state index in [-0.39, 0.29) is 24.4 Å². The van der Waals surface area contributed by atoms with Crippen molar-refractivity contribution in [2.45, 2.75) is 38.3 Å². The molecule has 1 rings (SSSR count). The van der Waals surface area contributed by atoms with E-state index in [0.29, 0.717) is 12.6 Å². The highest BCUT2D eigenvalue weighted by atomic mass is 35.5. The zero-order valence-electron chi connectivity index (χ0n) is 11.4. The fourth-order valence-electron chi connectivity index (χ4n) is 2.07. The molecule has 0 saturated carbocycles. The molecule has 1 amide bonds. The Hall–Kier alpha value is -0.580. The van der Waals surface area contributed by atoms with E-state index < -0.39 is 0 Å². The molecule has 1 aliphatic heterocycles. The number of hydrogen-bond acceptors (Lipinski definition) is 3. The molecule has 0 aliphatic carbocycles. The van der Waals surface area contributed by atoms with Gasteiger partial charge in [0.15, 0.2) is 0 Å². The Morgan fingerprint density at radius 3 is 3.00 bits per heavy atom. The summed E-state index contributed by atoms with van der Waals surface area (Å²) in [4.78, 5) is 14.0. The van der Waals surface area contributed by atoms with Crippen LogP contribution in [0.4, 0.5) is 0 Å². The summed E-state index contributed by atoms with van der Waals surface area (Å²) in [6, 6.07) is 0.424. The molecule has 0 bridgehead atoms. The minimum Gasteiger partial charge on any atom is -0.368 e. The van der Waals surface area contributed by atoms with Crippen LogP contribution in [-0.2, 0) is 9.53 Å². The highest BCUT2D eigenvalue weighted by molar-refractivity contribution is 5.85. The molecule has 0 radical (unpaired) electrons. The fraction of sp³-hybridized carbons (Fsp3) is 0.769. The quantitative estimate of drug-likeness (QED) is 0.592. The summed E-state index contributed by atoms with van der Waals surface area (Å²) in [7, 11) is 1.95. The molecule has 0 aromatic rings. The number of hydrogen-bond donors (Lipinski definition) is 1. The lowest BCUT2D eigenvalue weighted by Gasteiger charge is -2.34. The molecule has 2 atom stereocenters. The molecule has 1 fully saturated rings. The number of ether oxygens (including phenoxy) is 1. The van der Waals surface area contributed by atoms with Crippen molar-refractivity contribution in [1.29, 1.82) is 0 Å². The molecule has 4 nitrogen and oxygen atoms in total. The zero-order valence-corrected chi connectivity index (χ0v) is 12.2. The Kier molecular flexibility index (Phi) is 9.06. The van der Waals surface area contributed by atoms with Gasteiger partial charge in [0.2, 0.25) is 0 Å². The molecule has 18 heavy (non-hydrogen) atoms. The Bertz CT molecular complexity index is 261. The van der Waals surface area contributed by atoms with Crippen molar-refractivity contribution in [3.63, 3.8) is 0 Å². The zero-order chi connectivity index (χ0) is 12.7. The second-order valence-electron chi connectivity index (χ2n) is 4.50. The Balaban J connectivity index is 0.00000289. The lowest BCUT2D eigenvalue weighted by molar-refractivity contribution is -0.143. The van der Waals surface area contributed by atoms with Crippen molar-refractivity contribution in [2.24, 2.45) is 0 Å². The second kappa shape index (κ2) is 9.36. The molecule has 1 heterocycles. The van der Waals surface area contributed by atoms with Crippen LogP contribution in [0.15, 0.2) is 12.7 Å². The highest BCUT2D eigenvalue weighted by Crippen LogP contribution is 2.12. The van der Waals surface area contributed by atoms with Gasteiger partial charge in [-0.1, -0.05) is 6.08 Å². The van der Waals surface area contributed by atoms with Crippen molar-refractivity contribution in [3.8, 4) is 0 Å². The third-order valence-electron chi connectivity index (χ3n) is 3.18. The van der Waals surface area contributed by atoms with Crippen LogP contribution in [0.2, 0.25) is 0 Å². The van der Waals surface area contributed by atoms with Crippen molar-refractivity contribution in [1.82, 2.24) is 10.2 Å². The van der Waals surface area contributed by atoms with Crippen LogP contribution >= 0.6 is 12.4 Å². The maximum absolute atomic E-state index is 12.1. The number of likely N-dealkylation sites (N-methyl/N-ethyl adjacent to an activating group) is 1. The van der Waals surface area contributed by atoms with Crippen LogP contribution in [0, 0.1) is 0 Å². The number of nitrogens with one attached hydrogen (secondary N) is 1. The van der Waals surface area contributed by atoms with Gasteiger partial charge in [0.05, 0.1) is 6.61 Å². The molecular weight excluding hydrogens is 252 g/mol. The number of halogens is 1. The van der Waals surface area contributed by atoms with E-state index in [9.17, 15) is 4.79 Å². The number of carbonyl (C=O) groups excluding carboxylic acids is 1. The average molecular weight is 277 g/mol. The highest BCUT2D eigenvalue weighted by Gasteiger charge is 2.26. The maximum atomic E-state index is 12.1. The Morgan fingerprint density at radius 2 is 2.39 bits per heavy atom. The van der Waals surface area contributed by atoms with E-state index in [1.54, 1.807) is 6.08 Å². The normalized spacial score (nSPS) is 21.0. The minimum atomic E-state index is -0.342. The molecule has 5 heteroatoms. The van der Waals surface area contributed by atoms with Crippen LogP contribution in [-0.4, -0.2) is 49.7 Å².